The van der Waals surface area contributed by atoms with Gasteiger partial charge in [-0.2, -0.15) is 5.26 Å². The van der Waals surface area contributed by atoms with Crippen molar-refractivity contribution in [2.45, 2.75) is 44.3 Å². The molecule has 0 N–H and O–H groups in total. The normalized spacial score (nSPS) is 17.0. The molecule has 0 saturated carbocycles. The molecule has 1 aliphatic carbocycles. The molecule has 3 aliphatic rings. The Morgan fingerprint density at radius 2 is 1.08 bits per heavy atom. The number of rotatable bonds is 3. The van der Waals surface area contributed by atoms with Gasteiger partial charge in [-0.1, -0.05) is 97.1 Å². The number of ether oxygens (including phenoxy) is 1. The van der Waals surface area contributed by atoms with Gasteiger partial charge in [-0.05, 0) is 114 Å². The van der Waals surface area contributed by atoms with E-state index in [0.29, 0.717) is 5.56 Å². The maximum atomic E-state index is 9.52. The highest BCUT2D eigenvalue weighted by Crippen LogP contribution is 2.62. The summed E-state index contributed by atoms with van der Waals surface area (Å²) in [5, 5.41) is 9.52. The summed E-state index contributed by atoms with van der Waals surface area (Å²) in [7, 11) is -0.535. The predicted molar refractivity (Wildman–Crippen MR) is 195 cm³/mol. The fourth-order valence-electron chi connectivity index (χ4n) is 7.97. The van der Waals surface area contributed by atoms with Gasteiger partial charge in [0.05, 0.1) is 28.2 Å². The molecule has 9 rings (SSSR count). The minimum absolute atomic E-state index is 0.484. The highest BCUT2D eigenvalue weighted by Gasteiger charge is 2.56. The smallest absolute Gasteiger partial charge is 0.457 e. The summed E-state index contributed by atoms with van der Waals surface area (Å²) in [6.45, 7) is 8.42. The van der Waals surface area contributed by atoms with E-state index in [9.17, 15) is 5.26 Å². The molecule has 4 nitrogen and oxygen atoms in total. The first-order chi connectivity index (χ1) is 23.7. The van der Waals surface area contributed by atoms with Crippen molar-refractivity contribution in [1.82, 2.24) is 0 Å². The monoisotopic (exact) mass is 635 g/mol. The van der Waals surface area contributed by atoms with Crippen molar-refractivity contribution in [3.8, 4) is 50.9 Å². The van der Waals surface area contributed by atoms with Crippen molar-refractivity contribution in [1.29, 1.82) is 5.26 Å². The van der Waals surface area contributed by atoms with Gasteiger partial charge in [0.25, 0.3) is 0 Å². The number of fused-ring (bicyclic) bond motifs is 9. The summed E-state index contributed by atoms with van der Waals surface area (Å²) in [5.41, 5.74) is 11.3. The third-order valence-corrected chi connectivity index (χ3v) is 11.0. The van der Waals surface area contributed by atoms with Gasteiger partial charge >= 0.3 is 7.12 Å². The lowest BCUT2D eigenvalue weighted by Crippen LogP contribution is -2.41. The van der Waals surface area contributed by atoms with Crippen molar-refractivity contribution in [2.75, 3.05) is 0 Å². The standard InChI is InChI=1S/C44H34BNO3/c1-42(2)43(3,4)49-45(48-42)38-19-11-18-37-41(38)33-26-32(31-15-10-14-30(25-31)29-13-9-12-28(24-29)27-46)22-23-34(33)44(37)35-16-5-7-20-39(35)47-40-21-8-6-17-36(40)44/h5-26H,1-4H3. The Morgan fingerprint density at radius 1 is 0.531 bits per heavy atom. The highest BCUT2D eigenvalue weighted by molar-refractivity contribution is 6.64. The summed E-state index contributed by atoms with van der Waals surface area (Å²) < 4.78 is 20.0. The fourth-order valence-corrected chi connectivity index (χ4v) is 7.97. The van der Waals surface area contributed by atoms with Crippen LogP contribution in [0.4, 0.5) is 0 Å². The van der Waals surface area contributed by atoms with E-state index in [1.54, 1.807) is 0 Å². The molecule has 1 spiro atoms. The number of nitriles is 1. The summed E-state index contributed by atoms with van der Waals surface area (Å²) in [6.07, 6.45) is 0. The van der Waals surface area contributed by atoms with Gasteiger partial charge in [0.15, 0.2) is 0 Å². The molecule has 0 radical (unpaired) electrons. The molecular weight excluding hydrogens is 601 g/mol. The molecule has 6 aromatic carbocycles. The Hall–Kier alpha value is -5.41. The minimum Gasteiger partial charge on any atom is -0.457 e. The van der Waals surface area contributed by atoms with Crippen molar-refractivity contribution in [3.63, 3.8) is 0 Å². The molecule has 236 valence electrons. The Balaban J connectivity index is 1.31. The zero-order chi connectivity index (χ0) is 33.5. The van der Waals surface area contributed by atoms with E-state index in [-0.39, 0.29) is 0 Å². The van der Waals surface area contributed by atoms with E-state index < -0.39 is 23.7 Å². The first kappa shape index (κ1) is 29.7. The van der Waals surface area contributed by atoms with Crippen molar-refractivity contribution in [2.24, 2.45) is 0 Å². The molecule has 5 heteroatoms. The third kappa shape index (κ3) is 4.24. The topological polar surface area (TPSA) is 51.5 Å². The number of para-hydroxylation sites is 2. The molecule has 1 saturated heterocycles. The van der Waals surface area contributed by atoms with Gasteiger partial charge in [-0.3, -0.25) is 0 Å². The van der Waals surface area contributed by atoms with E-state index in [1.165, 1.54) is 11.1 Å². The molecule has 0 atom stereocenters. The molecular formula is C44H34BNO3. The van der Waals surface area contributed by atoms with Crippen LogP contribution in [0.3, 0.4) is 0 Å². The van der Waals surface area contributed by atoms with Crippen LogP contribution in [0.2, 0.25) is 0 Å². The van der Waals surface area contributed by atoms with E-state index in [4.69, 9.17) is 14.0 Å². The summed E-state index contributed by atoms with van der Waals surface area (Å²) in [6, 6.07) is 48.9. The second-order valence-electron chi connectivity index (χ2n) is 14.2. The van der Waals surface area contributed by atoms with Gasteiger partial charge in [-0.15, -0.1) is 0 Å². The van der Waals surface area contributed by atoms with Crippen LogP contribution in [0, 0.1) is 11.3 Å². The maximum absolute atomic E-state index is 9.52. The number of nitrogens with zero attached hydrogens (tertiary/aromatic N) is 1. The Morgan fingerprint density at radius 3 is 1.73 bits per heavy atom. The van der Waals surface area contributed by atoms with Crippen molar-refractivity contribution < 1.29 is 14.0 Å². The van der Waals surface area contributed by atoms with Crippen LogP contribution in [0.1, 0.15) is 55.5 Å². The Bertz CT molecular complexity index is 2310. The number of hydrogen-bond donors (Lipinski definition) is 0. The molecule has 6 aromatic rings. The Labute approximate surface area is 287 Å². The zero-order valence-corrected chi connectivity index (χ0v) is 28.0. The average molecular weight is 636 g/mol. The molecule has 2 aliphatic heterocycles. The van der Waals surface area contributed by atoms with Crippen LogP contribution in [0.5, 0.6) is 11.5 Å². The molecule has 2 heterocycles. The summed E-state index contributed by atoms with van der Waals surface area (Å²) in [5.74, 6) is 1.72. The predicted octanol–water partition coefficient (Wildman–Crippen LogP) is 9.66. The van der Waals surface area contributed by atoms with Crippen LogP contribution < -0.4 is 10.2 Å². The maximum Gasteiger partial charge on any atom is 0.495 e. The van der Waals surface area contributed by atoms with E-state index in [0.717, 1.165) is 61.5 Å². The quantitative estimate of drug-likeness (QED) is 0.182. The molecule has 0 unspecified atom stereocenters. The molecule has 0 aromatic heterocycles. The van der Waals surface area contributed by atoms with Crippen LogP contribution in [-0.4, -0.2) is 18.3 Å². The van der Waals surface area contributed by atoms with Crippen molar-refractivity contribution in [3.05, 3.63) is 161 Å². The van der Waals surface area contributed by atoms with Gasteiger partial charge in [0.1, 0.15) is 11.5 Å². The summed E-state index contributed by atoms with van der Waals surface area (Å²) >= 11 is 0. The summed E-state index contributed by atoms with van der Waals surface area (Å²) in [4.78, 5) is 0. The molecule has 49 heavy (non-hydrogen) atoms. The second kappa shape index (κ2) is 10.5. The van der Waals surface area contributed by atoms with E-state index in [1.807, 2.05) is 30.3 Å². The molecule has 0 amide bonds. The highest BCUT2D eigenvalue weighted by atomic mass is 16.7. The fraction of sp³-hybridized carbons (Fsp3) is 0.159. The van der Waals surface area contributed by atoms with Gasteiger partial charge in [0, 0.05) is 11.1 Å². The van der Waals surface area contributed by atoms with Gasteiger partial charge in [0.2, 0.25) is 0 Å². The zero-order valence-electron chi connectivity index (χ0n) is 28.0. The minimum atomic E-state index is -0.603. The number of hydrogen-bond acceptors (Lipinski definition) is 4. The average Bonchev–Trinajstić information content (AvgIpc) is 3.54. The van der Waals surface area contributed by atoms with Gasteiger partial charge < -0.3 is 14.0 Å². The van der Waals surface area contributed by atoms with Crippen LogP contribution in [0.25, 0.3) is 33.4 Å². The van der Waals surface area contributed by atoms with Crippen LogP contribution in [0.15, 0.2) is 133 Å². The van der Waals surface area contributed by atoms with E-state index in [2.05, 4.69) is 137 Å². The molecule has 1 fully saturated rings. The second-order valence-corrected chi connectivity index (χ2v) is 14.2. The first-order valence-corrected chi connectivity index (χ1v) is 16.8. The van der Waals surface area contributed by atoms with Crippen molar-refractivity contribution >= 4 is 12.6 Å². The lowest BCUT2D eigenvalue weighted by molar-refractivity contribution is 0.00578. The largest absolute Gasteiger partial charge is 0.495 e. The lowest BCUT2D eigenvalue weighted by Gasteiger charge is -2.39. The number of benzene rings is 6. The van der Waals surface area contributed by atoms with E-state index >= 15 is 0 Å². The van der Waals surface area contributed by atoms with Gasteiger partial charge in [-0.25, -0.2) is 0 Å². The SMILES string of the molecule is CC1(C)OB(c2cccc3c2-c2cc(-c4cccc(-c5cccc(C#N)c5)c4)ccc2C32c3ccccc3Oc3ccccc32)OC1(C)C. The third-order valence-electron chi connectivity index (χ3n) is 11.0. The molecule has 0 bridgehead atoms. The Kier molecular flexibility index (Phi) is 6.39. The van der Waals surface area contributed by atoms with Crippen LogP contribution >= 0.6 is 0 Å². The first-order valence-electron chi connectivity index (χ1n) is 16.8. The lowest BCUT2D eigenvalue weighted by atomic mass is 9.65. The van der Waals surface area contributed by atoms with Crippen LogP contribution in [-0.2, 0) is 14.7 Å².